The number of hydrogen-bond acceptors (Lipinski definition) is 3. The van der Waals surface area contributed by atoms with E-state index in [4.69, 9.17) is 14.1 Å². The minimum absolute atomic E-state index is 0.330. The lowest BCUT2D eigenvalue weighted by Gasteiger charge is -2.21. The molecule has 1 aliphatic heterocycles. The highest BCUT2D eigenvalue weighted by molar-refractivity contribution is 5.79. The second-order valence-electron chi connectivity index (χ2n) is 6.97. The minimum atomic E-state index is 0.330. The molecule has 0 bridgehead atoms. The molecule has 2 fully saturated rings. The second-order valence-corrected chi connectivity index (χ2v) is 6.97. The summed E-state index contributed by atoms with van der Waals surface area (Å²) >= 11 is 0. The molecule has 2 heterocycles. The Morgan fingerprint density at radius 2 is 2.04 bits per heavy atom. The smallest absolute Gasteiger partial charge is 0.191 e. The molecule has 0 amide bonds. The highest BCUT2D eigenvalue weighted by Gasteiger charge is 2.16. The summed E-state index contributed by atoms with van der Waals surface area (Å²) in [5.41, 5.74) is 0. The van der Waals surface area contributed by atoms with Gasteiger partial charge < -0.3 is 19.8 Å². The lowest BCUT2D eigenvalue weighted by atomic mass is 9.89. The molecule has 1 unspecified atom stereocenters. The van der Waals surface area contributed by atoms with E-state index in [1.807, 2.05) is 12.1 Å². The van der Waals surface area contributed by atoms with Gasteiger partial charge in [0.2, 0.25) is 0 Å². The maximum atomic E-state index is 5.70. The molecule has 3 rings (SSSR count). The van der Waals surface area contributed by atoms with E-state index in [1.54, 1.807) is 6.26 Å². The number of rotatable bonds is 7. The average Bonchev–Trinajstić information content (AvgIpc) is 3.31. The van der Waals surface area contributed by atoms with Crippen LogP contribution in [0.25, 0.3) is 0 Å². The zero-order valence-corrected chi connectivity index (χ0v) is 14.6. The monoisotopic (exact) mass is 333 g/mol. The maximum absolute atomic E-state index is 5.70. The zero-order chi connectivity index (χ0) is 16.5. The van der Waals surface area contributed by atoms with E-state index in [2.05, 4.69) is 10.6 Å². The summed E-state index contributed by atoms with van der Waals surface area (Å²) in [4.78, 5) is 4.84. The van der Waals surface area contributed by atoms with E-state index in [1.165, 1.54) is 38.5 Å². The number of hydrogen-bond donors (Lipinski definition) is 2. The first-order valence-corrected chi connectivity index (χ1v) is 9.56. The summed E-state index contributed by atoms with van der Waals surface area (Å²) in [5, 5.41) is 6.91. The van der Waals surface area contributed by atoms with Crippen molar-refractivity contribution in [3.05, 3.63) is 24.2 Å². The molecule has 1 aromatic heterocycles. The molecule has 0 aromatic carbocycles. The second kappa shape index (κ2) is 9.72. The van der Waals surface area contributed by atoms with Crippen molar-refractivity contribution in [1.29, 1.82) is 0 Å². The van der Waals surface area contributed by atoms with E-state index >= 15 is 0 Å². The third kappa shape index (κ3) is 5.86. The van der Waals surface area contributed by atoms with E-state index in [0.717, 1.165) is 56.7 Å². The molecule has 1 saturated heterocycles. The quantitative estimate of drug-likeness (QED) is 0.594. The zero-order valence-electron chi connectivity index (χ0n) is 14.6. The first-order valence-electron chi connectivity index (χ1n) is 9.56. The molecule has 24 heavy (non-hydrogen) atoms. The molecule has 1 atom stereocenters. The Kier molecular flexibility index (Phi) is 7.02. The van der Waals surface area contributed by atoms with Crippen molar-refractivity contribution < 1.29 is 9.15 Å². The molecule has 0 radical (unpaired) electrons. The Morgan fingerprint density at radius 1 is 1.12 bits per heavy atom. The van der Waals surface area contributed by atoms with Crippen molar-refractivity contribution >= 4 is 5.96 Å². The van der Waals surface area contributed by atoms with Gasteiger partial charge in [-0.25, -0.2) is 0 Å². The number of guanidine groups is 1. The van der Waals surface area contributed by atoms with Gasteiger partial charge in [-0.05, 0) is 43.7 Å². The van der Waals surface area contributed by atoms with E-state index < -0.39 is 0 Å². The fourth-order valence-electron chi connectivity index (χ4n) is 3.54. The SMILES string of the molecule is c1coc(CCNC(=NCC2CCCCC2)NCC2CCCO2)c1. The fourth-order valence-corrected chi connectivity index (χ4v) is 3.54. The Hall–Kier alpha value is -1.49. The number of nitrogens with zero attached hydrogens (tertiary/aromatic N) is 1. The van der Waals surface area contributed by atoms with Crippen LogP contribution in [0.1, 0.15) is 50.7 Å². The van der Waals surface area contributed by atoms with Crippen molar-refractivity contribution in [2.75, 3.05) is 26.2 Å². The van der Waals surface area contributed by atoms with E-state index in [-0.39, 0.29) is 0 Å². The number of aliphatic imine (C=N–C) groups is 1. The van der Waals surface area contributed by atoms with Crippen molar-refractivity contribution in [2.24, 2.45) is 10.9 Å². The third-order valence-corrected chi connectivity index (χ3v) is 5.00. The topological polar surface area (TPSA) is 58.8 Å². The Morgan fingerprint density at radius 3 is 2.79 bits per heavy atom. The van der Waals surface area contributed by atoms with Gasteiger partial charge >= 0.3 is 0 Å². The maximum Gasteiger partial charge on any atom is 0.191 e. The highest BCUT2D eigenvalue weighted by atomic mass is 16.5. The van der Waals surface area contributed by atoms with Gasteiger partial charge in [-0.2, -0.15) is 0 Å². The number of furan rings is 1. The van der Waals surface area contributed by atoms with Gasteiger partial charge in [0.25, 0.3) is 0 Å². The summed E-state index contributed by atoms with van der Waals surface area (Å²) in [6.07, 6.45) is 12.0. The lowest BCUT2D eigenvalue weighted by molar-refractivity contribution is 0.113. The van der Waals surface area contributed by atoms with Gasteiger partial charge in [0, 0.05) is 32.7 Å². The predicted octanol–water partition coefficient (Wildman–Crippen LogP) is 3.12. The summed E-state index contributed by atoms with van der Waals surface area (Å²) < 4.78 is 11.1. The standard InChI is InChI=1S/C19H31N3O2/c1-2-6-16(7-3-1)14-21-19(22-15-18-9-5-13-24-18)20-11-10-17-8-4-12-23-17/h4,8,12,16,18H,1-3,5-7,9-11,13-15H2,(H2,20,21,22). The normalized spacial score (nSPS) is 22.7. The van der Waals surface area contributed by atoms with Crippen LogP contribution in [0.5, 0.6) is 0 Å². The molecule has 5 heteroatoms. The summed E-state index contributed by atoms with van der Waals surface area (Å²) in [5.74, 6) is 2.68. The van der Waals surface area contributed by atoms with Crippen LogP contribution < -0.4 is 10.6 Å². The van der Waals surface area contributed by atoms with Crippen LogP contribution >= 0.6 is 0 Å². The van der Waals surface area contributed by atoms with E-state index in [0.29, 0.717) is 6.10 Å². The predicted molar refractivity (Wildman–Crippen MR) is 96.3 cm³/mol. The van der Waals surface area contributed by atoms with Crippen LogP contribution in [0.15, 0.2) is 27.8 Å². The van der Waals surface area contributed by atoms with Gasteiger partial charge in [0.15, 0.2) is 5.96 Å². The molecular formula is C19H31N3O2. The van der Waals surface area contributed by atoms with Gasteiger partial charge in [-0.1, -0.05) is 19.3 Å². The van der Waals surface area contributed by atoms with Crippen LogP contribution in [-0.2, 0) is 11.2 Å². The van der Waals surface area contributed by atoms with Gasteiger partial charge in [-0.3, -0.25) is 4.99 Å². The van der Waals surface area contributed by atoms with Gasteiger partial charge in [0.1, 0.15) is 5.76 Å². The van der Waals surface area contributed by atoms with Crippen molar-refractivity contribution in [2.45, 2.75) is 57.5 Å². The molecule has 5 nitrogen and oxygen atoms in total. The molecular weight excluding hydrogens is 302 g/mol. The van der Waals surface area contributed by atoms with Crippen molar-refractivity contribution in [3.63, 3.8) is 0 Å². The lowest BCUT2D eigenvalue weighted by Crippen LogP contribution is -2.42. The molecule has 1 aromatic rings. The first kappa shape index (κ1) is 17.3. The van der Waals surface area contributed by atoms with Crippen LogP contribution in [0, 0.1) is 5.92 Å². The van der Waals surface area contributed by atoms with Crippen LogP contribution in [0.4, 0.5) is 0 Å². The van der Waals surface area contributed by atoms with Crippen LogP contribution in [0.3, 0.4) is 0 Å². The Labute approximate surface area is 145 Å². The van der Waals surface area contributed by atoms with Crippen LogP contribution in [0.2, 0.25) is 0 Å². The number of ether oxygens (including phenoxy) is 1. The summed E-state index contributed by atoms with van der Waals surface area (Å²) in [6, 6.07) is 3.95. The molecule has 2 aliphatic rings. The largest absolute Gasteiger partial charge is 0.469 e. The first-order chi connectivity index (χ1) is 11.9. The minimum Gasteiger partial charge on any atom is -0.469 e. The molecule has 0 spiro atoms. The summed E-state index contributed by atoms with van der Waals surface area (Å²) in [6.45, 7) is 3.50. The Bertz CT molecular complexity index is 475. The van der Waals surface area contributed by atoms with E-state index in [9.17, 15) is 0 Å². The highest BCUT2D eigenvalue weighted by Crippen LogP contribution is 2.23. The molecule has 134 valence electrons. The van der Waals surface area contributed by atoms with Crippen molar-refractivity contribution in [3.8, 4) is 0 Å². The molecule has 2 N–H and O–H groups in total. The summed E-state index contributed by atoms with van der Waals surface area (Å²) in [7, 11) is 0. The number of nitrogens with one attached hydrogen (secondary N) is 2. The average molecular weight is 333 g/mol. The van der Waals surface area contributed by atoms with Crippen LogP contribution in [-0.4, -0.2) is 38.3 Å². The van der Waals surface area contributed by atoms with Gasteiger partial charge in [0.05, 0.1) is 12.4 Å². The molecule has 1 aliphatic carbocycles. The fraction of sp³-hybridized carbons (Fsp3) is 0.737. The third-order valence-electron chi connectivity index (χ3n) is 5.00. The molecule has 1 saturated carbocycles. The Balaban J connectivity index is 1.46. The van der Waals surface area contributed by atoms with Crippen molar-refractivity contribution in [1.82, 2.24) is 10.6 Å². The van der Waals surface area contributed by atoms with Gasteiger partial charge in [-0.15, -0.1) is 0 Å².